The second-order valence-electron chi connectivity index (χ2n) is 17.9. The van der Waals surface area contributed by atoms with Gasteiger partial charge < -0.3 is 35.4 Å². The average Bonchev–Trinajstić information content (AvgIpc) is 3.75. The van der Waals surface area contributed by atoms with Crippen LogP contribution in [0.4, 0.5) is 16.2 Å². The largest absolute Gasteiger partial charge is 0.444 e. The van der Waals surface area contributed by atoms with Gasteiger partial charge in [-0.25, -0.2) is 4.79 Å². The fourth-order valence-electron chi connectivity index (χ4n) is 7.64. The summed E-state index contributed by atoms with van der Waals surface area (Å²) in [4.78, 5) is 44.2. The number of hydrogen-bond donors (Lipinski definition) is 5. The molecule has 0 bridgehead atoms. The number of amides is 3. The van der Waals surface area contributed by atoms with E-state index in [2.05, 4.69) is 65.7 Å². The monoisotopic (exact) mass is 823 g/mol. The number of carbonyl (C=O) groups is 3. The highest BCUT2D eigenvalue weighted by molar-refractivity contribution is 5.98. The number of aromatic nitrogens is 4. The molecule has 0 spiro atoms. The predicted octanol–water partition coefficient (Wildman–Crippen LogP) is 6.05. The molecule has 1 aromatic heterocycles. The molecule has 4 aromatic rings. The Hall–Kier alpha value is -5.38. The van der Waals surface area contributed by atoms with Crippen molar-refractivity contribution in [2.75, 3.05) is 42.9 Å². The van der Waals surface area contributed by atoms with E-state index in [-0.39, 0.29) is 23.7 Å². The van der Waals surface area contributed by atoms with Crippen LogP contribution in [0.1, 0.15) is 78.4 Å². The van der Waals surface area contributed by atoms with Crippen molar-refractivity contribution in [2.24, 2.45) is 11.8 Å². The summed E-state index contributed by atoms with van der Waals surface area (Å²) in [5, 5.41) is 33.7. The molecule has 1 unspecified atom stereocenters. The lowest BCUT2D eigenvalue weighted by molar-refractivity contribution is -0.239. The molecule has 1 saturated carbocycles. The summed E-state index contributed by atoms with van der Waals surface area (Å²) in [7, 11) is 0. The number of aliphatic hydroxyl groups excluding tert-OH is 1. The number of aryl methyl sites for hydroxylation is 1. The van der Waals surface area contributed by atoms with E-state index < -0.39 is 29.8 Å². The number of rotatable bonds is 13. The number of tetrazole rings is 1. The molecule has 3 amide bonds. The van der Waals surface area contributed by atoms with Crippen molar-refractivity contribution in [3.8, 4) is 22.5 Å². The average molecular weight is 824 g/mol. The Labute approximate surface area is 353 Å². The number of aliphatic hydroxyl groups is 1. The maximum Gasteiger partial charge on any atom is 0.407 e. The van der Waals surface area contributed by atoms with Crippen LogP contribution in [0.25, 0.3) is 22.5 Å². The summed E-state index contributed by atoms with van der Waals surface area (Å²) in [6.45, 7) is 16.7. The van der Waals surface area contributed by atoms with Crippen LogP contribution in [0.2, 0.25) is 0 Å². The molecule has 1 aliphatic heterocycles. The molecular formula is C45H61N9O6. The molecule has 2 atom stereocenters. The van der Waals surface area contributed by atoms with Crippen molar-refractivity contribution in [2.45, 2.75) is 104 Å². The van der Waals surface area contributed by atoms with Gasteiger partial charge in [-0.3, -0.25) is 14.5 Å². The summed E-state index contributed by atoms with van der Waals surface area (Å²) in [6.07, 6.45) is 1.84. The minimum absolute atomic E-state index is 0.148. The maximum absolute atomic E-state index is 14.0. The van der Waals surface area contributed by atoms with Gasteiger partial charge in [0.25, 0.3) is 0 Å². The normalized spacial score (nSPS) is 18.6. The van der Waals surface area contributed by atoms with E-state index in [0.717, 1.165) is 59.4 Å². The molecule has 2 fully saturated rings. The minimum Gasteiger partial charge on any atom is -0.444 e. The van der Waals surface area contributed by atoms with Gasteiger partial charge in [0.15, 0.2) is 0 Å². The van der Waals surface area contributed by atoms with Crippen LogP contribution < -0.4 is 20.9 Å². The summed E-state index contributed by atoms with van der Waals surface area (Å²) in [5.41, 5.74) is 5.35. The van der Waals surface area contributed by atoms with Crippen LogP contribution >= 0.6 is 0 Å². The maximum atomic E-state index is 14.0. The molecule has 5 N–H and O–H groups in total. The van der Waals surface area contributed by atoms with Crippen LogP contribution in [0, 0.1) is 18.8 Å². The van der Waals surface area contributed by atoms with Crippen LogP contribution in [0.5, 0.6) is 0 Å². The molecule has 60 heavy (non-hydrogen) atoms. The van der Waals surface area contributed by atoms with Crippen LogP contribution in [-0.4, -0.2) is 105 Å². The Morgan fingerprint density at radius 3 is 2.07 bits per heavy atom. The highest BCUT2D eigenvalue weighted by Crippen LogP contribution is 2.30. The van der Waals surface area contributed by atoms with E-state index in [1.807, 2.05) is 89.8 Å². The number of benzene rings is 3. The first-order chi connectivity index (χ1) is 28.5. The molecule has 322 valence electrons. The quantitative estimate of drug-likeness (QED) is 0.0989. The lowest BCUT2D eigenvalue weighted by Crippen LogP contribution is -2.52. The third-order valence-corrected chi connectivity index (χ3v) is 10.9. The van der Waals surface area contributed by atoms with Gasteiger partial charge >= 0.3 is 6.09 Å². The summed E-state index contributed by atoms with van der Waals surface area (Å²) >= 11 is 0. The first-order valence-electron chi connectivity index (χ1n) is 21.0. The molecular weight excluding hydrogens is 763 g/mol. The molecule has 2 heterocycles. The molecule has 15 nitrogen and oxygen atoms in total. The second-order valence-corrected chi connectivity index (χ2v) is 17.9. The molecule has 1 saturated heterocycles. The number of anilines is 2. The first kappa shape index (κ1) is 44.2. The number of nitrogens with one attached hydrogen (secondary N) is 4. The van der Waals surface area contributed by atoms with Crippen molar-refractivity contribution in [1.29, 1.82) is 0 Å². The number of aromatic amines is 1. The molecule has 3 aromatic carbocycles. The predicted molar refractivity (Wildman–Crippen MR) is 231 cm³/mol. The van der Waals surface area contributed by atoms with Gasteiger partial charge in [0.1, 0.15) is 11.6 Å². The third-order valence-electron chi connectivity index (χ3n) is 10.9. The van der Waals surface area contributed by atoms with E-state index >= 15 is 0 Å². The Kier molecular flexibility index (Phi) is 14.2. The van der Waals surface area contributed by atoms with Gasteiger partial charge in [-0.15, -0.1) is 10.2 Å². The SMILES string of the molecule is Cc1cc(-c2nn[nH]n2)ccc1NC(=O)[C@H](Cc1ccc(-c2ccc(N3CCN(C(O)OC(C)(C)C)CC3)cc2)cc1)NC(=O)C1CCC(CNC(=O)OC(C)(C)C)CC1. The number of piperazine rings is 1. The zero-order valence-electron chi connectivity index (χ0n) is 36.0. The summed E-state index contributed by atoms with van der Waals surface area (Å²) < 4.78 is 11.1. The zero-order chi connectivity index (χ0) is 43.0. The molecule has 6 rings (SSSR count). The van der Waals surface area contributed by atoms with E-state index in [9.17, 15) is 19.5 Å². The fourth-order valence-corrected chi connectivity index (χ4v) is 7.64. The van der Waals surface area contributed by atoms with Crippen LogP contribution in [0.15, 0.2) is 66.7 Å². The lowest BCUT2D eigenvalue weighted by atomic mass is 9.81. The first-order valence-corrected chi connectivity index (χ1v) is 21.0. The van der Waals surface area contributed by atoms with Gasteiger partial charge in [-0.1, -0.05) is 36.4 Å². The van der Waals surface area contributed by atoms with Gasteiger partial charge in [0, 0.05) is 62.0 Å². The number of ether oxygens (including phenoxy) is 2. The zero-order valence-corrected chi connectivity index (χ0v) is 36.0. The van der Waals surface area contributed by atoms with Gasteiger partial charge in [0.05, 0.1) is 5.60 Å². The van der Waals surface area contributed by atoms with Crippen molar-refractivity contribution in [3.63, 3.8) is 0 Å². The Morgan fingerprint density at radius 1 is 0.850 bits per heavy atom. The van der Waals surface area contributed by atoms with E-state index in [0.29, 0.717) is 50.4 Å². The molecule has 15 heteroatoms. The summed E-state index contributed by atoms with van der Waals surface area (Å²) in [6, 6.07) is 21.2. The number of H-pyrrole nitrogens is 1. The lowest BCUT2D eigenvalue weighted by Gasteiger charge is -2.39. The van der Waals surface area contributed by atoms with E-state index in [4.69, 9.17) is 9.47 Å². The van der Waals surface area contributed by atoms with E-state index in [1.165, 1.54) is 0 Å². The number of carbonyl (C=O) groups excluding carboxylic acids is 3. The van der Waals surface area contributed by atoms with Gasteiger partial charge in [0.2, 0.25) is 24.1 Å². The Morgan fingerprint density at radius 2 is 1.48 bits per heavy atom. The number of alkyl carbamates (subject to hydrolysis) is 1. The Bertz CT molecular complexity index is 2030. The third kappa shape index (κ3) is 12.6. The second kappa shape index (κ2) is 19.3. The molecule has 1 aliphatic carbocycles. The molecule has 2 aliphatic rings. The Balaban J connectivity index is 1.08. The van der Waals surface area contributed by atoms with Crippen LogP contribution in [-0.2, 0) is 25.5 Å². The van der Waals surface area contributed by atoms with Crippen molar-refractivity contribution < 1.29 is 29.0 Å². The molecule has 0 radical (unpaired) electrons. The van der Waals surface area contributed by atoms with Gasteiger partial charge in [-0.2, -0.15) is 5.21 Å². The van der Waals surface area contributed by atoms with Gasteiger partial charge in [-0.05, 0) is 138 Å². The van der Waals surface area contributed by atoms with Crippen molar-refractivity contribution in [1.82, 2.24) is 36.2 Å². The minimum atomic E-state index is -0.919. The fraction of sp³-hybridized carbons (Fsp3) is 0.511. The van der Waals surface area contributed by atoms with Crippen molar-refractivity contribution in [3.05, 3.63) is 77.9 Å². The number of hydrogen-bond acceptors (Lipinski definition) is 11. The van der Waals surface area contributed by atoms with Crippen molar-refractivity contribution >= 4 is 29.3 Å². The van der Waals surface area contributed by atoms with E-state index in [1.54, 1.807) is 6.07 Å². The topological polar surface area (TPSA) is 187 Å². The highest BCUT2D eigenvalue weighted by Gasteiger charge is 2.31. The van der Waals surface area contributed by atoms with Crippen LogP contribution in [0.3, 0.4) is 0 Å². The highest BCUT2D eigenvalue weighted by atomic mass is 16.6. The smallest absolute Gasteiger partial charge is 0.407 e. The number of nitrogens with zero attached hydrogens (tertiary/aromatic N) is 5. The standard InChI is InChI=1S/C45H61N9O6/c1-29-26-35(39-49-51-52-50-39)18-21-37(29)47-41(56)38(48-40(55)34-14-10-31(11-15-34)28-46-42(57)59-44(2,3)4)27-30-8-12-32(13-9-30)33-16-19-36(20-17-33)53-22-24-54(25-23-53)43(58)60-45(5,6)7/h8-9,12-13,16-21,26,31,34,38,43,58H,10-11,14-15,22-25,27-28H2,1-7H3,(H,46,57)(H,47,56)(H,48,55)(H,49,50,51,52)/t31?,34?,38-,43?/m0/s1. The summed E-state index contributed by atoms with van der Waals surface area (Å²) in [5.74, 6) is 0.000666.